The Bertz CT molecular complexity index is 1140. The van der Waals surface area contributed by atoms with Crippen LogP contribution < -0.4 is 9.57 Å². The van der Waals surface area contributed by atoms with E-state index in [0.717, 1.165) is 11.1 Å². The topological polar surface area (TPSA) is 67.8 Å². The summed E-state index contributed by atoms with van der Waals surface area (Å²) >= 11 is 0. The van der Waals surface area contributed by atoms with Gasteiger partial charge in [0.15, 0.2) is 0 Å². The standard InChI is InChI=1S/C24H26N2O3S/c1-17-9-11-21(12-10-17)16-29-23-8-6-5-7-22(23)15-25-26-30(27,28)24-19(3)13-18(2)14-20(24)4/h5-15,26H,16H2,1-4H3/b25-15+. The Morgan fingerprint density at radius 2 is 1.53 bits per heavy atom. The Morgan fingerprint density at radius 3 is 2.20 bits per heavy atom. The normalized spacial score (nSPS) is 11.6. The highest BCUT2D eigenvalue weighted by molar-refractivity contribution is 7.89. The predicted octanol–water partition coefficient (Wildman–Crippen LogP) is 4.81. The van der Waals surface area contributed by atoms with Crippen molar-refractivity contribution >= 4 is 16.2 Å². The van der Waals surface area contributed by atoms with Crippen molar-refractivity contribution in [2.24, 2.45) is 5.10 Å². The van der Waals surface area contributed by atoms with Crippen molar-refractivity contribution in [3.05, 3.63) is 94.0 Å². The Kier molecular flexibility index (Phi) is 6.57. The number of nitrogens with one attached hydrogen (secondary N) is 1. The lowest BCUT2D eigenvalue weighted by atomic mass is 10.1. The Labute approximate surface area is 178 Å². The molecule has 0 saturated heterocycles. The van der Waals surface area contributed by atoms with Gasteiger partial charge in [-0.1, -0.05) is 59.7 Å². The van der Waals surface area contributed by atoms with Gasteiger partial charge in [-0.2, -0.15) is 13.5 Å². The molecule has 0 radical (unpaired) electrons. The molecule has 0 fully saturated rings. The number of hydrogen-bond acceptors (Lipinski definition) is 4. The van der Waals surface area contributed by atoms with Gasteiger partial charge in [-0.15, -0.1) is 0 Å². The summed E-state index contributed by atoms with van der Waals surface area (Å²) in [5.41, 5.74) is 5.34. The van der Waals surface area contributed by atoms with Crippen LogP contribution in [0.3, 0.4) is 0 Å². The average Bonchev–Trinajstić information content (AvgIpc) is 2.67. The van der Waals surface area contributed by atoms with E-state index in [1.165, 1.54) is 11.8 Å². The van der Waals surface area contributed by atoms with Gasteiger partial charge in [0.2, 0.25) is 0 Å². The largest absolute Gasteiger partial charge is 0.488 e. The summed E-state index contributed by atoms with van der Waals surface area (Å²) in [5.74, 6) is 0.628. The second kappa shape index (κ2) is 9.13. The number of ether oxygens (including phenoxy) is 1. The molecule has 1 N–H and O–H groups in total. The third kappa shape index (κ3) is 5.27. The highest BCUT2D eigenvalue weighted by Gasteiger charge is 2.19. The highest BCUT2D eigenvalue weighted by Crippen LogP contribution is 2.22. The molecule has 3 aromatic rings. The molecule has 3 aromatic carbocycles. The molecule has 3 rings (SSSR count). The van der Waals surface area contributed by atoms with Crippen molar-refractivity contribution in [1.29, 1.82) is 0 Å². The zero-order valence-electron chi connectivity index (χ0n) is 17.6. The number of nitrogens with zero attached hydrogens (tertiary/aromatic N) is 1. The monoisotopic (exact) mass is 422 g/mol. The zero-order valence-corrected chi connectivity index (χ0v) is 18.5. The second-order valence-corrected chi connectivity index (χ2v) is 8.99. The molecule has 0 spiro atoms. The second-order valence-electron chi connectivity index (χ2n) is 7.39. The number of aryl methyl sites for hydroxylation is 4. The predicted molar refractivity (Wildman–Crippen MR) is 121 cm³/mol. The van der Waals surface area contributed by atoms with Crippen LogP contribution in [0.25, 0.3) is 0 Å². The number of sulfonamides is 1. The van der Waals surface area contributed by atoms with E-state index in [1.54, 1.807) is 13.8 Å². The molecule has 0 aliphatic heterocycles. The van der Waals surface area contributed by atoms with Crippen LogP contribution in [0.4, 0.5) is 0 Å². The lowest BCUT2D eigenvalue weighted by Crippen LogP contribution is -2.20. The van der Waals surface area contributed by atoms with Crippen molar-refractivity contribution in [3.8, 4) is 5.75 Å². The molecule has 0 bridgehead atoms. The number of benzene rings is 3. The van der Waals surface area contributed by atoms with E-state index in [2.05, 4.69) is 9.93 Å². The van der Waals surface area contributed by atoms with Gasteiger partial charge in [0.25, 0.3) is 10.0 Å². The van der Waals surface area contributed by atoms with Crippen molar-refractivity contribution in [1.82, 2.24) is 4.83 Å². The molecule has 0 heterocycles. The maximum absolute atomic E-state index is 12.7. The fourth-order valence-corrected chi connectivity index (χ4v) is 4.61. The van der Waals surface area contributed by atoms with Crippen LogP contribution in [0.5, 0.6) is 5.75 Å². The Balaban J connectivity index is 1.74. The van der Waals surface area contributed by atoms with Crippen LogP contribution in [0.2, 0.25) is 0 Å². The summed E-state index contributed by atoms with van der Waals surface area (Å²) in [6.45, 7) is 7.96. The summed E-state index contributed by atoms with van der Waals surface area (Å²) in [6, 6.07) is 19.2. The Hall–Kier alpha value is -3.12. The third-order valence-corrected chi connectivity index (χ3v) is 6.21. The molecule has 0 amide bonds. The number of para-hydroxylation sites is 1. The van der Waals surface area contributed by atoms with Crippen LogP contribution in [-0.4, -0.2) is 14.6 Å². The molecule has 30 heavy (non-hydrogen) atoms. The zero-order chi connectivity index (χ0) is 21.7. The molecule has 0 aliphatic rings. The molecular weight excluding hydrogens is 396 g/mol. The lowest BCUT2D eigenvalue weighted by Gasteiger charge is -2.12. The van der Waals surface area contributed by atoms with Crippen molar-refractivity contribution in [2.45, 2.75) is 39.2 Å². The average molecular weight is 423 g/mol. The van der Waals surface area contributed by atoms with Gasteiger partial charge in [-0.3, -0.25) is 0 Å². The van der Waals surface area contributed by atoms with Crippen LogP contribution in [0.15, 0.2) is 70.7 Å². The van der Waals surface area contributed by atoms with E-state index in [9.17, 15) is 8.42 Å². The minimum atomic E-state index is -3.77. The smallest absolute Gasteiger partial charge is 0.277 e. The minimum absolute atomic E-state index is 0.258. The maximum atomic E-state index is 12.7. The van der Waals surface area contributed by atoms with Crippen molar-refractivity contribution in [2.75, 3.05) is 0 Å². The van der Waals surface area contributed by atoms with Gasteiger partial charge >= 0.3 is 0 Å². The summed E-state index contributed by atoms with van der Waals surface area (Å²) in [7, 11) is -3.77. The highest BCUT2D eigenvalue weighted by atomic mass is 32.2. The van der Waals surface area contributed by atoms with Crippen molar-refractivity contribution in [3.63, 3.8) is 0 Å². The Morgan fingerprint density at radius 1 is 0.900 bits per heavy atom. The van der Waals surface area contributed by atoms with E-state index >= 15 is 0 Å². The lowest BCUT2D eigenvalue weighted by molar-refractivity contribution is 0.306. The van der Waals surface area contributed by atoms with E-state index in [4.69, 9.17) is 4.74 Å². The molecule has 0 saturated carbocycles. The summed E-state index contributed by atoms with van der Waals surface area (Å²) in [5, 5.41) is 3.98. The van der Waals surface area contributed by atoms with E-state index in [-0.39, 0.29) is 4.90 Å². The molecule has 0 aromatic heterocycles. The van der Waals surface area contributed by atoms with Gasteiger partial charge in [0.1, 0.15) is 12.4 Å². The van der Waals surface area contributed by atoms with Crippen LogP contribution in [0, 0.1) is 27.7 Å². The van der Waals surface area contributed by atoms with E-state index in [1.807, 2.05) is 74.5 Å². The molecule has 6 heteroatoms. The van der Waals surface area contributed by atoms with Crippen LogP contribution in [-0.2, 0) is 16.6 Å². The van der Waals surface area contributed by atoms with Crippen molar-refractivity contribution < 1.29 is 13.2 Å². The molecular formula is C24H26N2O3S. The molecule has 156 valence electrons. The van der Waals surface area contributed by atoms with Gasteiger partial charge in [0.05, 0.1) is 11.1 Å². The number of rotatable bonds is 7. The molecule has 0 aliphatic carbocycles. The third-order valence-electron chi connectivity index (χ3n) is 4.68. The summed E-state index contributed by atoms with van der Waals surface area (Å²) in [6.07, 6.45) is 1.46. The number of hydrogen-bond donors (Lipinski definition) is 1. The van der Waals surface area contributed by atoms with E-state index in [0.29, 0.717) is 29.0 Å². The maximum Gasteiger partial charge on any atom is 0.277 e. The fraction of sp³-hybridized carbons (Fsp3) is 0.208. The first-order valence-electron chi connectivity index (χ1n) is 9.66. The first-order valence-corrected chi connectivity index (χ1v) is 11.1. The quantitative estimate of drug-likeness (QED) is 0.439. The van der Waals surface area contributed by atoms with Gasteiger partial charge < -0.3 is 4.74 Å². The molecule has 5 nitrogen and oxygen atoms in total. The SMILES string of the molecule is Cc1ccc(COc2ccccc2/C=N/NS(=O)(=O)c2c(C)cc(C)cc2C)cc1. The van der Waals surface area contributed by atoms with Gasteiger partial charge in [0, 0.05) is 5.56 Å². The first-order chi connectivity index (χ1) is 14.3. The minimum Gasteiger partial charge on any atom is -0.488 e. The first kappa shape index (κ1) is 21.6. The summed E-state index contributed by atoms with van der Waals surface area (Å²) in [4.78, 5) is 2.58. The summed E-state index contributed by atoms with van der Waals surface area (Å²) < 4.78 is 31.4. The van der Waals surface area contributed by atoms with E-state index < -0.39 is 10.0 Å². The van der Waals surface area contributed by atoms with Gasteiger partial charge in [-0.05, 0) is 56.5 Å². The fourth-order valence-electron chi connectivity index (χ4n) is 3.37. The van der Waals surface area contributed by atoms with Crippen LogP contribution >= 0.6 is 0 Å². The van der Waals surface area contributed by atoms with Gasteiger partial charge in [-0.25, -0.2) is 4.83 Å². The molecule has 0 atom stereocenters. The molecule has 0 unspecified atom stereocenters. The van der Waals surface area contributed by atoms with Crippen LogP contribution in [0.1, 0.15) is 33.4 Å². The number of hydrazone groups is 1.